The van der Waals surface area contributed by atoms with Gasteiger partial charge in [0, 0.05) is 6.07 Å². The van der Waals surface area contributed by atoms with Gasteiger partial charge in [-0.1, -0.05) is 11.3 Å². The summed E-state index contributed by atoms with van der Waals surface area (Å²) in [6, 6.07) is 6.50. The molecule has 0 radical (unpaired) electrons. The summed E-state index contributed by atoms with van der Waals surface area (Å²) in [4.78, 5) is 22.4. The van der Waals surface area contributed by atoms with Crippen LogP contribution < -0.4 is 10.2 Å². The average Bonchev–Trinajstić information content (AvgIpc) is 3.04. The van der Waals surface area contributed by atoms with E-state index in [-0.39, 0.29) is 13.2 Å². The van der Waals surface area contributed by atoms with E-state index in [1.165, 1.54) is 10.7 Å². The molecule has 0 atom stereocenters. The van der Waals surface area contributed by atoms with Crippen molar-refractivity contribution in [3.8, 4) is 11.5 Å². The second kappa shape index (κ2) is 7.00. The van der Waals surface area contributed by atoms with Crippen molar-refractivity contribution < 1.29 is 19.1 Å². The first-order valence-corrected chi connectivity index (χ1v) is 7.43. The van der Waals surface area contributed by atoms with Crippen LogP contribution in [0.5, 0.6) is 11.5 Å². The van der Waals surface area contributed by atoms with Crippen LogP contribution >= 0.6 is 0 Å². The first kappa shape index (κ1) is 16.4. The maximum absolute atomic E-state index is 11.4. The third-order valence-corrected chi connectivity index (χ3v) is 3.44. The van der Waals surface area contributed by atoms with Gasteiger partial charge in [-0.25, -0.2) is 4.68 Å². The third-order valence-electron chi connectivity index (χ3n) is 3.44. The molecule has 0 spiro atoms. The SMILES string of the molecule is Cc1ccc(C=O)c(OCc2cn(Cc3cc(=O)c(O)co3)nn2)c1. The predicted molar refractivity (Wildman–Crippen MR) is 86.7 cm³/mol. The summed E-state index contributed by atoms with van der Waals surface area (Å²) >= 11 is 0. The fourth-order valence-electron chi connectivity index (χ4n) is 2.18. The van der Waals surface area contributed by atoms with Gasteiger partial charge in [-0.3, -0.25) is 9.59 Å². The van der Waals surface area contributed by atoms with E-state index in [0.29, 0.717) is 22.8 Å². The highest BCUT2D eigenvalue weighted by Crippen LogP contribution is 2.19. The molecule has 0 unspecified atom stereocenters. The molecule has 2 aromatic heterocycles. The second-order valence-electron chi connectivity index (χ2n) is 5.45. The lowest BCUT2D eigenvalue weighted by Gasteiger charge is -2.07. The molecule has 0 saturated heterocycles. The van der Waals surface area contributed by atoms with Crippen molar-refractivity contribution in [3.63, 3.8) is 0 Å². The van der Waals surface area contributed by atoms with Gasteiger partial charge in [0.15, 0.2) is 12.0 Å². The molecule has 0 bridgehead atoms. The third kappa shape index (κ3) is 3.92. The molecule has 8 nitrogen and oxygen atoms in total. The van der Waals surface area contributed by atoms with E-state index in [1.54, 1.807) is 18.3 Å². The number of rotatable bonds is 6. The summed E-state index contributed by atoms with van der Waals surface area (Å²) in [7, 11) is 0. The maximum atomic E-state index is 11.4. The number of nitrogens with zero attached hydrogens (tertiary/aromatic N) is 3. The minimum atomic E-state index is -0.522. The molecule has 0 saturated carbocycles. The lowest BCUT2D eigenvalue weighted by atomic mass is 10.1. The molecule has 0 amide bonds. The molecule has 1 N–H and O–H groups in total. The molecular formula is C17H15N3O5. The number of aromatic hydroxyl groups is 1. The maximum Gasteiger partial charge on any atom is 0.226 e. The lowest BCUT2D eigenvalue weighted by Crippen LogP contribution is -2.05. The molecule has 128 valence electrons. The van der Waals surface area contributed by atoms with E-state index in [1.807, 2.05) is 13.0 Å². The zero-order chi connectivity index (χ0) is 17.8. The zero-order valence-corrected chi connectivity index (χ0v) is 13.4. The Kier molecular flexibility index (Phi) is 4.60. The van der Waals surface area contributed by atoms with Gasteiger partial charge in [-0.05, 0) is 24.6 Å². The molecule has 0 fully saturated rings. The highest BCUT2D eigenvalue weighted by Gasteiger charge is 2.08. The van der Waals surface area contributed by atoms with Gasteiger partial charge in [-0.15, -0.1) is 5.10 Å². The Bertz CT molecular complexity index is 961. The summed E-state index contributed by atoms with van der Waals surface area (Å²) in [5, 5.41) is 17.1. The van der Waals surface area contributed by atoms with Gasteiger partial charge in [0.2, 0.25) is 5.43 Å². The van der Waals surface area contributed by atoms with Gasteiger partial charge in [-0.2, -0.15) is 0 Å². The van der Waals surface area contributed by atoms with E-state index in [9.17, 15) is 14.7 Å². The Morgan fingerprint density at radius 3 is 2.96 bits per heavy atom. The summed E-state index contributed by atoms with van der Waals surface area (Å²) < 4.78 is 12.2. The van der Waals surface area contributed by atoms with Crippen LogP contribution in [0.1, 0.15) is 27.4 Å². The van der Waals surface area contributed by atoms with E-state index < -0.39 is 11.2 Å². The molecule has 25 heavy (non-hydrogen) atoms. The van der Waals surface area contributed by atoms with Crippen molar-refractivity contribution >= 4 is 6.29 Å². The first-order valence-electron chi connectivity index (χ1n) is 7.43. The summed E-state index contributed by atoms with van der Waals surface area (Å²) in [5.41, 5.74) is 1.47. The van der Waals surface area contributed by atoms with Crippen LogP contribution in [0.15, 0.2) is 45.9 Å². The minimum absolute atomic E-state index is 0.143. The Hall–Kier alpha value is -3.42. The highest BCUT2D eigenvalue weighted by molar-refractivity contribution is 5.79. The van der Waals surface area contributed by atoms with Gasteiger partial charge in [0.25, 0.3) is 0 Å². The topological polar surface area (TPSA) is 107 Å². The van der Waals surface area contributed by atoms with Crippen molar-refractivity contribution in [1.29, 1.82) is 0 Å². The van der Waals surface area contributed by atoms with Crippen LogP contribution in [0.3, 0.4) is 0 Å². The Balaban J connectivity index is 1.68. The minimum Gasteiger partial charge on any atom is -0.502 e. The van der Waals surface area contributed by atoms with Crippen LogP contribution in [-0.2, 0) is 13.2 Å². The second-order valence-corrected chi connectivity index (χ2v) is 5.45. The van der Waals surface area contributed by atoms with Crippen molar-refractivity contribution in [2.45, 2.75) is 20.1 Å². The van der Waals surface area contributed by atoms with E-state index in [0.717, 1.165) is 18.1 Å². The molecule has 0 aliphatic carbocycles. The van der Waals surface area contributed by atoms with E-state index in [4.69, 9.17) is 9.15 Å². The van der Waals surface area contributed by atoms with Crippen LogP contribution in [0.25, 0.3) is 0 Å². The highest BCUT2D eigenvalue weighted by atomic mass is 16.5. The number of hydrogen-bond acceptors (Lipinski definition) is 7. The summed E-state index contributed by atoms with van der Waals surface area (Å²) in [6.07, 6.45) is 3.36. The fraction of sp³-hybridized carbons (Fsp3) is 0.176. The van der Waals surface area contributed by atoms with Crippen molar-refractivity contribution in [1.82, 2.24) is 15.0 Å². The van der Waals surface area contributed by atoms with Crippen LogP contribution in [0, 0.1) is 6.92 Å². The molecular weight excluding hydrogens is 326 g/mol. The molecule has 2 heterocycles. The number of carbonyl (C=O) groups is 1. The van der Waals surface area contributed by atoms with Gasteiger partial charge < -0.3 is 14.3 Å². The normalized spacial score (nSPS) is 10.6. The number of carbonyl (C=O) groups excluding carboxylic acids is 1. The number of aromatic nitrogens is 3. The predicted octanol–water partition coefficient (Wildman–Crippen LogP) is 1.69. The van der Waals surface area contributed by atoms with Gasteiger partial charge >= 0.3 is 0 Å². The number of aldehydes is 1. The van der Waals surface area contributed by atoms with E-state index >= 15 is 0 Å². The quantitative estimate of drug-likeness (QED) is 0.680. The zero-order valence-electron chi connectivity index (χ0n) is 13.4. The largest absolute Gasteiger partial charge is 0.502 e. The molecule has 3 rings (SSSR count). The fourth-order valence-corrected chi connectivity index (χ4v) is 2.18. The van der Waals surface area contributed by atoms with Crippen LogP contribution in [-0.4, -0.2) is 26.4 Å². The number of hydrogen-bond donors (Lipinski definition) is 1. The first-order chi connectivity index (χ1) is 12.0. The number of benzene rings is 1. The molecule has 0 aliphatic rings. The monoisotopic (exact) mass is 341 g/mol. The number of aryl methyl sites for hydroxylation is 1. The standard InChI is InChI=1S/C17H15N3O5/c1-11-2-3-12(8-21)17(4-11)25-9-13-6-20(19-18-13)7-14-5-15(22)16(23)10-24-14/h2-6,8,10,23H,7,9H2,1H3. The number of ether oxygens (including phenoxy) is 1. The van der Waals surface area contributed by atoms with Gasteiger partial charge in [0.05, 0.1) is 11.8 Å². The smallest absolute Gasteiger partial charge is 0.226 e. The van der Waals surface area contributed by atoms with Crippen molar-refractivity contribution in [3.05, 3.63) is 69.5 Å². The van der Waals surface area contributed by atoms with Gasteiger partial charge in [0.1, 0.15) is 36.6 Å². The van der Waals surface area contributed by atoms with E-state index in [2.05, 4.69) is 10.3 Å². The summed E-state index contributed by atoms with van der Waals surface area (Å²) in [6.45, 7) is 2.24. The molecule has 1 aromatic carbocycles. The van der Waals surface area contributed by atoms with Crippen LogP contribution in [0.2, 0.25) is 0 Å². The van der Waals surface area contributed by atoms with Crippen LogP contribution in [0.4, 0.5) is 0 Å². The Morgan fingerprint density at radius 1 is 1.36 bits per heavy atom. The molecule has 0 aliphatic heterocycles. The van der Waals surface area contributed by atoms with Crippen molar-refractivity contribution in [2.24, 2.45) is 0 Å². The average molecular weight is 341 g/mol. The van der Waals surface area contributed by atoms with Crippen molar-refractivity contribution in [2.75, 3.05) is 0 Å². The molecule has 3 aromatic rings. The Labute approximate surface area is 142 Å². The molecule has 8 heteroatoms. The Morgan fingerprint density at radius 2 is 2.20 bits per heavy atom. The lowest BCUT2D eigenvalue weighted by molar-refractivity contribution is 0.111. The summed E-state index contributed by atoms with van der Waals surface area (Å²) in [5.74, 6) is 0.372.